The molecule has 1 aromatic carbocycles. The molecule has 2 aliphatic rings. The number of ether oxygens (including phenoxy) is 1. The largest absolute Gasteiger partial charge is 0.493 e. The standard InChI is InChI=1S/C17H23NO2/c1-2-16(19)18-10-9-13-6-5-12-7-8-15-14(17(12)13)4-3-11-20-15/h7-8,13H,2-6,9-11H2,1H3,(H,18,19)/t13-/m0/s1. The van der Waals surface area contributed by atoms with Gasteiger partial charge in [0.2, 0.25) is 5.91 Å². The van der Waals surface area contributed by atoms with Crippen LogP contribution in [0.5, 0.6) is 5.75 Å². The lowest BCUT2D eigenvalue weighted by atomic mass is 9.89. The third-order valence-corrected chi connectivity index (χ3v) is 4.54. The van der Waals surface area contributed by atoms with E-state index in [0.717, 1.165) is 38.2 Å². The van der Waals surface area contributed by atoms with Gasteiger partial charge in [-0.25, -0.2) is 0 Å². The first-order chi connectivity index (χ1) is 9.79. The monoisotopic (exact) mass is 273 g/mol. The van der Waals surface area contributed by atoms with Gasteiger partial charge >= 0.3 is 0 Å². The summed E-state index contributed by atoms with van der Waals surface area (Å²) in [5, 5.41) is 3.00. The molecule has 1 amide bonds. The Kier molecular flexibility index (Phi) is 3.95. The second kappa shape index (κ2) is 5.86. The van der Waals surface area contributed by atoms with Crippen molar-refractivity contribution >= 4 is 5.91 Å². The highest BCUT2D eigenvalue weighted by Gasteiger charge is 2.28. The quantitative estimate of drug-likeness (QED) is 0.916. The number of carbonyl (C=O) groups excluding carboxylic acids is 1. The summed E-state index contributed by atoms with van der Waals surface area (Å²) < 4.78 is 5.79. The van der Waals surface area contributed by atoms with Crippen molar-refractivity contribution in [2.45, 2.75) is 51.4 Å². The maximum Gasteiger partial charge on any atom is 0.219 e. The fourth-order valence-corrected chi connectivity index (χ4v) is 3.52. The van der Waals surface area contributed by atoms with Gasteiger partial charge in [0.1, 0.15) is 5.75 Å². The number of carbonyl (C=O) groups is 1. The van der Waals surface area contributed by atoms with E-state index in [1.165, 1.54) is 29.5 Å². The van der Waals surface area contributed by atoms with Crippen molar-refractivity contribution in [1.29, 1.82) is 0 Å². The molecule has 1 atom stereocenters. The van der Waals surface area contributed by atoms with Crippen LogP contribution in [0.3, 0.4) is 0 Å². The molecule has 108 valence electrons. The van der Waals surface area contributed by atoms with Crippen molar-refractivity contribution in [3.8, 4) is 5.75 Å². The lowest BCUT2D eigenvalue weighted by Crippen LogP contribution is -2.24. The van der Waals surface area contributed by atoms with Crippen molar-refractivity contribution in [3.63, 3.8) is 0 Å². The molecule has 0 spiro atoms. The average Bonchev–Trinajstić information content (AvgIpc) is 2.91. The molecule has 0 saturated heterocycles. The Morgan fingerprint density at radius 1 is 1.40 bits per heavy atom. The number of nitrogens with one attached hydrogen (secondary N) is 1. The first-order valence-corrected chi connectivity index (χ1v) is 7.83. The molecule has 0 bridgehead atoms. The Morgan fingerprint density at radius 2 is 2.30 bits per heavy atom. The molecule has 0 saturated carbocycles. The second-order valence-corrected chi connectivity index (χ2v) is 5.79. The molecular formula is C17H23NO2. The summed E-state index contributed by atoms with van der Waals surface area (Å²) in [5.41, 5.74) is 4.48. The van der Waals surface area contributed by atoms with Crippen LogP contribution in [0.15, 0.2) is 12.1 Å². The first-order valence-electron chi connectivity index (χ1n) is 7.83. The van der Waals surface area contributed by atoms with Crippen LogP contribution in [-0.4, -0.2) is 19.1 Å². The van der Waals surface area contributed by atoms with Gasteiger partial charge in [0.05, 0.1) is 6.61 Å². The van der Waals surface area contributed by atoms with Gasteiger partial charge < -0.3 is 10.1 Å². The zero-order chi connectivity index (χ0) is 13.9. The van der Waals surface area contributed by atoms with E-state index in [-0.39, 0.29) is 5.91 Å². The Morgan fingerprint density at radius 3 is 3.15 bits per heavy atom. The van der Waals surface area contributed by atoms with Gasteiger partial charge in [0.15, 0.2) is 0 Å². The highest BCUT2D eigenvalue weighted by atomic mass is 16.5. The molecule has 1 aliphatic carbocycles. The van der Waals surface area contributed by atoms with E-state index < -0.39 is 0 Å². The predicted octanol–water partition coefficient (Wildman–Crippen LogP) is 2.96. The summed E-state index contributed by atoms with van der Waals surface area (Å²) in [7, 11) is 0. The van der Waals surface area contributed by atoms with Crippen molar-refractivity contribution in [1.82, 2.24) is 5.32 Å². The predicted molar refractivity (Wildman–Crippen MR) is 79.2 cm³/mol. The van der Waals surface area contributed by atoms with Gasteiger partial charge in [-0.2, -0.15) is 0 Å². The molecule has 0 aromatic heterocycles. The van der Waals surface area contributed by atoms with Crippen LogP contribution < -0.4 is 10.1 Å². The lowest BCUT2D eigenvalue weighted by molar-refractivity contribution is -0.120. The Labute approximate surface area is 120 Å². The third-order valence-electron chi connectivity index (χ3n) is 4.54. The lowest BCUT2D eigenvalue weighted by Gasteiger charge is -2.23. The first kappa shape index (κ1) is 13.5. The van der Waals surface area contributed by atoms with Crippen LogP contribution in [0.25, 0.3) is 0 Å². The normalized spacial score (nSPS) is 19.9. The van der Waals surface area contributed by atoms with E-state index in [1.807, 2.05) is 6.92 Å². The summed E-state index contributed by atoms with van der Waals surface area (Å²) in [6.45, 7) is 3.54. The van der Waals surface area contributed by atoms with Gasteiger partial charge in [-0.15, -0.1) is 0 Å². The zero-order valence-corrected chi connectivity index (χ0v) is 12.2. The Balaban J connectivity index is 1.73. The molecule has 1 aliphatic heterocycles. The van der Waals surface area contributed by atoms with Crippen molar-refractivity contribution in [2.75, 3.05) is 13.2 Å². The second-order valence-electron chi connectivity index (χ2n) is 5.79. The van der Waals surface area contributed by atoms with Crippen molar-refractivity contribution in [2.24, 2.45) is 0 Å². The number of rotatable bonds is 4. The van der Waals surface area contributed by atoms with E-state index in [4.69, 9.17) is 4.74 Å². The summed E-state index contributed by atoms with van der Waals surface area (Å²) in [6.07, 6.45) is 6.29. The minimum absolute atomic E-state index is 0.154. The number of hydrogen-bond donors (Lipinski definition) is 1. The van der Waals surface area contributed by atoms with Gasteiger partial charge in [-0.05, 0) is 60.8 Å². The van der Waals surface area contributed by atoms with Crippen LogP contribution in [0, 0.1) is 0 Å². The maximum atomic E-state index is 11.3. The van der Waals surface area contributed by atoms with E-state index in [0.29, 0.717) is 12.3 Å². The van der Waals surface area contributed by atoms with E-state index >= 15 is 0 Å². The fraction of sp³-hybridized carbons (Fsp3) is 0.588. The molecule has 0 fully saturated rings. The van der Waals surface area contributed by atoms with Crippen molar-refractivity contribution in [3.05, 3.63) is 28.8 Å². The Hall–Kier alpha value is -1.51. The minimum atomic E-state index is 0.154. The summed E-state index contributed by atoms with van der Waals surface area (Å²) >= 11 is 0. The number of amides is 1. The summed E-state index contributed by atoms with van der Waals surface area (Å²) in [6, 6.07) is 4.39. The van der Waals surface area contributed by atoms with Gasteiger partial charge in [-0.1, -0.05) is 13.0 Å². The molecule has 20 heavy (non-hydrogen) atoms. The number of aryl methyl sites for hydroxylation is 1. The van der Waals surface area contributed by atoms with Gasteiger partial charge in [-0.3, -0.25) is 4.79 Å². The molecule has 0 radical (unpaired) electrons. The summed E-state index contributed by atoms with van der Waals surface area (Å²) in [4.78, 5) is 11.3. The molecule has 1 N–H and O–H groups in total. The van der Waals surface area contributed by atoms with Crippen LogP contribution in [0.4, 0.5) is 0 Å². The van der Waals surface area contributed by atoms with Gasteiger partial charge in [0.25, 0.3) is 0 Å². The average molecular weight is 273 g/mol. The van der Waals surface area contributed by atoms with Crippen LogP contribution in [0.1, 0.15) is 55.2 Å². The molecule has 0 unspecified atom stereocenters. The van der Waals surface area contributed by atoms with E-state index in [1.54, 1.807) is 0 Å². The van der Waals surface area contributed by atoms with Gasteiger partial charge in [0, 0.05) is 13.0 Å². The minimum Gasteiger partial charge on any atom is -0.493 e. The highest BCUT2D eigenvalue weighted by Crippen LogP contribution is 2.42. The SMILES string of the molecule is CCC(=O)NCC[C@@H]1CCc2ccc3c(c21)CCCO3. The Bertz CT molecular complexity index is 510. The molecule has 1 aromatic rings. The van der Waals surface area contributed by atoms with E-state index in [2.05, 4.69) is 17.4 Å². The van der Waals surface area contributed by atoms with Crippen LogP contribution >= 0.6 is 0 Å². The molecular weight excluding hydrogens is 250 g/mol. The maximum absolute atomic E-state index is 11.3. The zero-order valence-electron chi connectivity index (χ0n) is 12.2. The molecule has 3 rings (SSSR count). The molecule has 3 nitrogen and oxygen atoms in total. The third kappa shape index (κ3) is 2.54. The van der Waals surface area contributed by atoms with Crippen molar-refractivity contribution < 1.29 is 9.53 Å². The highest BCUT2D eigenvalue weighted by molar-refractivity contribution is 5.75. The number of fused-ring (bicyclic) bond motifs is 3. The van der Waals surface area contributed by atoms with Crippen LogP contribution in [-0.2, 0) is 17.6 Å². The molecule has 1 heterocycles. The molecule has 3 heteroatoms. The topological polar surface area (TPSA) is 38.3 Å². The smallest absolute Gasteiger partial charge is 0.219 e. The number of hydrogen-bond acceptors (Lipinski definition) is 2. The van der Waals surface area contributed by atoms with Crippen LogP contribution in [0.2, 0.25) is 0 Å². The summed E-state index contributed by atoms with van der Waals surface area (Å²) in [5.74, 6) is 1.85. The number of benzene rings is 1. The fourth-order valence-electron chi connectivity index (χ4n) is 3.52. The van der Waals surface area contributed by atoms with E-state index in [9.17, 15) is 4.79 Å².